The SMILES string of the molecule is CC(=O)Nc1cccc(CNc2nc(C(C)C)no2)c1. The van der Waals surface area contributed by atoms with E-state index in [4.69, 9.17) is 4.52 Å². The van der Waals surface area contributed by atoms with Crippen LogP contribution in [0.25, 0.3) is 0 Å². The Morgan fingerprint density at radius 3 is 2.85 bits per heavy atom. The lowest BCUT2D eigenvalue weighted by Gasteiger charge is -2.05. The number of hydrogen-bond acceptors (Lipinski definition) is 5. The van der Waals surface area contributed by atoms with Gasteiger partial charge in [-0.05, 0) is 17.7 Å². The predicted octanol–water partition coefficient (Wildman–Crippen LogP) is 2.76. The molecule has 0 saturated heterocycles. The molecule has 0 unspecified atom stereocenters. The van der Waals surface area contributed by atoms with Crippen LogP contribution in [0.15, 0.2) is 28.8 Å². The lowest BCUT2D eigenvalue weighted by Crippen LogP contribution is -2.06. The Balaban J connectivity index is 1.97. The van der Waals surface area contributed by atoms with Crippen molar-refractivity contribution >= 4 is 17.6 Å². The Bertz CT molecular complexity index is 592. The number of nitrogens with zero attached hydrogens (tertiary/aromatic N) is 2. The first-order valence-corrected chi connectivity index (χ1v) is 6.48. The molecule has 1 amide bonds. The van der Waals surface area contributed by atoms with Crippen LogP contribution >= 0.6 is 0 Å². The molecule has 1 aromatic heterocycles. The summed E-state index contributed by atoms with van der Waals surface area (Å²) in [6, 6.07) is 7.98. The van der Waals surface area contributed by atoms with Crippen LogP contribution in [0.3, 0.4) is 0 Å². The molecule has 0 aliphatic heterocycles. The largest absolute Gasteiger partial charge is 0.334 e. The van der Waals surface area contributed by atoms with E-state index in [-0.39, 0.29) is 11.8 Å². The molecule has 20 heavy (non-hydrogen) atoms. The van der Waals surface area contributed by atoms with Crippen molar-refractivity contribution in [2.24, 2.45) is 0 Å². The summed E-state index contributed by atoms with van der Waals surface area (Å²) in [5, 5.41) is 9.69. The average Bonchev–Trinajstić information content (AvgIpc) is 2.85. The topological polar surface area (TPSA) is 80.0 Å². The number of nitrogens with one attached hydrogen (secondary N) is 2. The Labute approximate surface area is 117 Å². The summed E-state index contributed by atoms with van der Waals surface area (Å²) >= 11 is 0. The fraction of sp³-hybridized carbons (Fsp3) is 0.357. The average molecular weight is 274 g/mol. The van der Waals surface area contributed by atoms with Gasteiger partial charge in [0.2, 0.25) is 5.91 Å². The molecule has 2 aromatic rings. The number of hydrogen-bond donors (Lipinski definition) is 2. The maximum absolute atomic E-state index is 11.0. The van der Waals surface area contributed by atoms with Crippen molar-refractivity contribution in [3.63, 3.8) is 0 Å². The zero-order chi connectivity index (χ0) is 14.5. The smallest absolute Gasteiger partial charge is 0.321 e. The first-order valence-electron chi connectivity index (χ1n) is 6.48. The van der Waals surface area contributed by atoms with Gasteiger partial charge in [0.15, 0.2) is 5.82 Å². The van der Waals surface area contributed by atoms with Crippen LogP contribution in [0.2, 0.25) is 0 Å². The molecule has 1 aromatic carbocycles. The summed E-state index contributed by atoms with van der Waals surface area (Å²) in [5.74, 6) is 0.825. The lowest BCUT2D eigenvalue weighted by molar-refractivity contribution is -0.114. The van der Waals surface area contributed by atoms with Crippen LogP contribution in [0.5, 0.6) is 0 Å². The van der Waals surface area contributed by atoms with E-state index in [1.54, 1.807) is 0 Å². The first-order chi connectivity index (χ1) is 9.54. The zero-order valence-corrected chi connectivity index (χ0v) is 11.8. The minimum Gasteiger partial charge on any atom is -0.334 e. The van der Waals surface area contributed by atoms with Gasteiger partial charge in [0, 0.05) is 25.1 Å². The number of carbonyl (C=O) groups excluding carboxylic acids is 1. The monoisotopic (exact) mass is 274 g/mol. The third kappa shape index (κ3) is 3.81. The van der Waals surface area contributed by atoms with Crippen molar-refractivity contribution in [2.75, 3.05) is 10.6 Å². The maximum Gasteiger partial charge on any atom is 0.321 e. The molecule has 0 fully saturated rings. The Kier molecular flexibility index (Phi) is 4.34. The van der Waals surface area contributed by atoms with Gasteiger partial charge in [-0.2, -0.15) is 4.98 Å². The highest BCUT2D eigenvalue weighted by molar-refractivity contribution is 5.88. The van der Waals surface area contributed by atoms with Crippen molar-refractivity contribution < 1.29 is 9.32 Å². The Morgan fingerprint density at radius 1 is 1.40 bits per heavy atom. The molecule has 0 saturated carbocycles. The summed E-state index contributed by atoms with van der Waals surface area (Å²) in [6.45, 7) is 6.04. The normalized spacial score (nSPS) is 10.6. The van der Waals surface area contributed by atoms with Crippen molar-refractivity contribution in [3.8, 4) is 0 Å². The number of rotatable bonds is 5. The van der Waals surface area contributed by atoms with Gasteiger partial charge in [-0.25, -0.2) is 0 Å². The molecule has 106 valence electrons. The van der Waals surface area contributed by atoms with E-state index >= 15 is 0 Å². The van der Waals surface area contributed by atoms with Gasteiger partial charge < -0.3 is 15.2 Å². The van der Waals surface area contributed by atoms with Gasteiger partial charge in [0.05, 0.1) is 0 Å². The molecule has 1 heterocycles. The van der Waals surface area contributed by atoms with E-state index in [1.165, 1.54) is 6.92 Å². The minimum absolute atomic E-state index is 0.0893. The fourth-order valence-corrected chi connectivity index (χ4v) is 1.68. The molecule has 0 spiro atoms. The van der Waals surface area contributed by atoms with Gasteiger partial charge in [0.1, 0.15) is 0 Å². The molecule has 0 bridgehead atoms. The summed E-state index contributed by atoms with van der Waals surface area (Å²) in [5.41, 5.74) is 1.78. The second kappa shape index (κ2) is 6.18. The third-order valence-corrected chi connectivity index (χ3v) is 2.65. The fourth-order valence-electron chi connectivity index (χ4n) is 1.68. The molecule has 0 atom stereocenters. The second-order valence-electron chi connectivity index (χ2n) is 4.85. The zero-order valence-electron chi connectivity index (χ0n) is 11.8. The van der Waals surface area contributed by atoms with Gasteiger partial charge >= 0.3 is 6.01 Å². The molecule has 6 nitrogen and oxygen atoms in total. The van der Waals surface area contributed by atoms with E-state index in [2.05, 4.69) is 20.8 Å². The van der Waals surface area contributed by atoms with Crippen LogP contribution in [-0.4, -0.2) is 16.0 Å². The molecule has 6 heteroatoms. The van der Waals surface area contributed by atoms with Gasteiger partial charge in [-0.15, -0.1) is 0 Å². The summed E-state index contributed by atoms with van der Waals surface area (Å²) in [7, 11) is 0. The van der Waals surface area contributed by atoms with Crippen LogP contribution < -0.4 is 10.6 Å². The van der Waals surface area contributed by atoms with Gasteiger partial charge in [-0.3, -0.25) is 4.79 Å². The molecule has 2 rings (SSSR count). The van der Waals surface area contributed by atoms with Crippen molar-refractivity contribution in [2.45, 2.75) is 33.2 Å². The highest BCUT2D eigenvalue weighted by atomic mass is 16.5. The number of anilines is 2. The molecule has 0 aliphatic rings. The summed E-state index contributed by atoms with van der Waals surface area (Å²) in [4.78, 5) is 15.2. The quantitative estimate of drug-likeness (QED) is 0.876. The highest BCUT2D eigenvalue weighted by Gasteiger charge is 2.09. The van der Waals surface area contributed by atoms with Crippen molar-refractivity contribution in [1.29, 1.82) is 0 Å². The number of aromatic nitrogens is 2. The maximum atomic E-state index is 11.0. The number of benzene rings is 1. The van der Waals surface area contributed by atoms with E-state index in [0.717, 1.165) is 11.3 Å². The van der Waals surface area contributed by atoms with Crippen molar-refractivity contribution in [1.82, 2.24) is 10.1 Å². The summed E-state index contributed by atoms with van der Waals surface area (Å²) in [6.07, 6.45) is 0. The standard InChI is InChI=1S/C14H18N4O2/c1-9(2)13-17-14(20-18-13)15-8-11-5-4-6-12(7-11)16-10(3)19/h4-7,9H,8H2,1-3H3,(H,16,19)(H,15,17,18). The van der Waals surface area contributed by atoms with E-state index in [9.17, 15) is 4.79 Å². The molecular weight excluding hydrogens is 256 g/mol. The van der Waals surface area contributed by atoms with Crippen LogP contribution in [0.1, 0.15) is 38.1 Å². The van der Waals surface area contributed by atoms with Gasteiger partial charge in [-0.1, -0.05) is 31.1 Å². The summed E-state index contributed by atoms with van der Waals surface area (Å²) < 4.78 is 5.10. The Morgan fingerprint density at radius 2 is 2.20 bits per heavy atom. The van der Waals surface area contributed by atoms with Gasteiger partial charge in [0.25, 0.3) is 0 Å². The minimum atomic E-state index is -0.0893. The molecule has 0 radical (unpaired) electrons. The third-order valence-electron chi connectivity index (χ3n) is 2.65. The predicted molar refractivity (Wildman–Crippen MR) is 76.5 cm³/mol. The highest BCUT2D eigenvalue weighted by Crippen LogP contribution is 2.15. The number of carbonyl (C=O) groups is 1. The first kappa shape index (κ1) is 14.0. The Hall–Kier alpha value is -2.37. The molecule has 0 aliphatic carbocycles. The van der Waals surface area contributed by atoms with Crippen LogP contribution in [0.4, 0.5) is 11.7 Å². The van der Waals surface area contributed by atoms with Crippen molar-refractivity contribution in [3.05, 3.63) is 35.7 Å². The lowest BCUT2D eigenvalue weighted by atomic mass is 10.2. The molecular formula is C14H18N4O2. The van der Waals surface area contributed by atoms with E-state index < -0.39 is 0 Å². The second-order valence-corrected chi connectivity index (χ2v) is 4.85. The molecule has 2 N–H and O–H groups in total. The number of amides is 1. The van der Waals surface area contributed by atoms with E-state index in [0.29, 0.717) is 18.4 Å². The van der Waals surface area contributed by atoms with E-state index in [1.807, 2.05) is 38.1 Å². The van der Waals surface area contributed by atoms with Crippen LogP contribution in [-0.2, 0) is 11.3 Å². The van der Waals surface area contributed by atoms with Crippen LogP contribution in [0, 0.1) is 0 Å².